The van der Waals surface area contributed by atoms with Gasteiger partial charge in [0.05, 0.1) is 0 Å². The third-order valence-electron chi connectivity index (χ3n) is 3.13. The van der Waals surface area contributed by atoms with Gasteiger partial charge in [-0.15, -0.1) is 0 Å². The lowest BCUT2D eigenvalue weighted by Crippen LogP contribution is -2.41. The molecule has 0 saturated carbocycles. The molecule has 0 atom stereocenters. The van der Waals surface area contributed by atoms with Gasteiger partial charge in [-0.1, -0.05) is 0 Å². The topological polar surface area (TPSA) is 6.48 Å². The van der Waals surface area contributed by atoms with E-state index in [1.165, 1.54) is 65.0 Å². The average molecular weight is 168 g/mol. The molecule has 2 rings (SSSR count). The Morgan fingerprint density at radius 1 is 0.417 bits per heavy atom. The summed E-state index contributed by atoms with van der Waals surface area (Å²) < 4.78 is 0. The summed E-state index contributed by atoms with van der Waals surface area (Å²) in [5.41, 5.74) is 0. The van der Waals surface area contributed by atoms with Crippen LogP contribution in [0, 0.1) is 0 Å². The van der Waals surface area contributed by atoms with Crippen molar-refractivity contribution in [3.8, 4) is 0 Å². The van der Waals surface area contributed by atoms with Crippen molar-refractivity contribution in [3.63, 3.8) is 0 Å². The van der Waals surface area contributed by atoms with Crippen molar-refractivity contribution in [3.05, 3.63) is 0 Å². The van der Waals surface area contributed by atoms with Crippen LogP contribution in [0.4, 0.5) is 0 Å². The monoisotopic (exact) mass is 168 g/mol. The summed E-state index contributed by atoms with van der Waals surface area (Å²) in [6.07, 6.45) is 5.65. The van der Waals surface area contributed by atoms with Gasteiger partial charge in [0.15, 0.2) is 0 Å². The number of hydrogen-bond donors (Lipinski definition) is 0. The molecule has 2 bridgehead atoms. The molecule has 0 radical (unpaired) electrons. The van der Waals surface area contributed by atoms with Crippen molar-refractivity contribution in [1.82, 2.24) is 9.80 Å². The van der Waals surface area contributed by atoms with Crippen molar-refractivity contribution in [2.24, 2.45) is 0 Å². The molecule has 0 spiro atoms. The van der Waals surface area contributed by atoms with Crippen LogP contribution >= 0.6 is 0 Å². The lowest BCUT2D eigenvalue weighted by molar-refractivity contribution is 0.148. The van der Waals surface area contributed by atoms with E-state index in [0.29, 0.717) is 0 Å². The van der Waals surface area contributed by atoms with Crippen LogP contribution in [0.5, 0.6) is 0 Å². The fourth-order valence-corrected chi connectivity index (χ4v) is 2.30. The fraction of sp³-hybridized carbons (Fsp3) is 1.00. The zero-order valence-electron chi connectivity index (χ0n) is 7.97. The van der Waals surface area contributed by atoms with Gasteiger partial charge in [0, 0.05) is 13.1 Å². The standard InChI is InChI=1S/C10H20N2/c1-2-6-12-8-4-3-7-11(5-1)9-10-12/h1-10H2. The van der Waals surface area contributed by atoms with E-state index >= 15 is 0 Å². The first kappa shape index (κ1) is 8.52. The van der Waals surface area contributed by atoms with Crippen LogP contribution < -0.4 is 0 Å². The SMILES string of the molecule is C1CCN2CCCCN(C1)CC2. The molecule has 2 aliphatic rings. The van der Waals surface area contributed by atoms with Gasteiger partial charge in [-0.2, -0.15) is 0 Å². The predicted molar refractivity (Wildman–Crippen MR) is 51.3 cm³/mol. The van der Waals surface area contributed by atoms with Crippen LogP contribution in [-0.2, 0) is 0 Å². The van der Waals surface area contributed by atoms with E-state index in [1.807, 2.05) is 0 Å². The van der Waals surface area contributed by atoms with Crippen LogP contribution in [0.3, 0.4) is 0 Å². The van der Waals surface area contributed by atoms with E-state index < -0.39 is 0 Å². The predicted octanol–water partition coefficient (Wildman–Crippen LogP) is 1.18. The molecule has 70 valence electrons. The van der Waals surface area contributed by atoms with Gasteiger partial charge in [-0.3, -0.25) is 0 Å². The minimum Gasteiger partial charge on any atom is -0.302 e. The smallest absolute Gasteiger partial charge is 0.0109 e. The Morgan fingerprint density at radius 3 is 1.08 bits per heavy atom. The van der Waals surface area contributed by atoms with Crippen molar-refractivity contribution in [1.29, 1.82) is 0 Å². The second-order valence-corrected chi connectivity index (χ2v) is 4.10. The largest absolute Gasteiger partial charge is 0.302 e. The lowest BCUT2D eigenvalue weighted by Gasteiger charge is -2.33. The summed E-state index contributed by atoms with van der Waals surface area (Å²) in [4.78, 5) is 5.29. The first-order valence-corrected chi connectivity index (χ1v) is 5.40. The molecule has 2 nitrogen and oxygen atoms in total. The molecule has 2 heterocycles. The third-order valence-corrected chi connectivity index (χ3v) is 3.13. The van der Waals surface area contributed by atoms with Crippen molar-refractivity contribution >= 4 is 0 Å². The van der Waals surface area contributed by atoms with Crippen LogP contribution in [0.1, 0.15) is 25.7 Å². The Balaban J connectivity index is 1.93. The van der Waals surface area contributed by atoms with Gasteiger partial charge in [0.2, 0.25) is 0 Å². The van der Waals surface area contributed by atoms with Gasteiger partial charge in [0.25, 0.3) is 0 Å². The molecular formula is C10H20N2. The summed E-state index contributed by atoms with van der Waals surface area (Å²) in [5, 5.41) is 0. The summed E-state index contributed by atoms with van der Waals surface area (Å²) in [6, 6.07) is 0. The van der Waals surface area contributed by atoms with Crippen molar-refractivity contribution in [2.75, 3.05) is 39.3 Å². The molecule has 2 fully saturated rings. The van der Waals surface area contributed by atoms with E-state index in [4.69, 9.17) is 0 Å². The highest BCUT2D eigenvalue weighted by Crippen LogP contribution is 2.09. The molecule has 2 heteroatoms. The van der Waals surface area contributed by atoms with E-state index in [0.717, 1.165) is 0 Å². The summed E-state index contributed by atoms with van der Waals surface area (Å²) in [7, 11) is 0. The molecular weight excluding hydrogens is 148 g/mol. The number of rotatable bonds is 0. The molecule has 0 aromatic carbocycles. The van der Waals surface area contributed by atoms with E-state index in [-0.39, 0.29) is 0 Å². The quantitative estimate of drug-likeness (QED) is 0.536. The summed E-state index contributed by atoms with van der Waals surface area (Å²) >= 11 is 0. The maximum absolute atomic E-state index is 2.64. The summed E-state index contributed by atoms with van der Waals surface area (Å²) in [6.45, 7) is 8.06. The molecule has 0 aromatic rings. The Kier molecular flexibility index (Phi) is 3.01. The Morgan fingerprint density at radius 2 is 0.750 bits per heavy atom. The molecule has 0 amide bonds. The zero-order valence-corrected chi connectivity index (χ0v) is 7.97. The van der Waals surface area contributed by atoms with E-state index in [1.54, 1.807) is 0 Å². The molecule has 2 aliphatic heterocycles. The highest BCUT2D eigenvalue weighted by molar-refractivity contribution is 4.71. The second-order valence-electron chi connectivity index (χ2n) is 4.10. The Bertz CT molecular complexity index is 108. The summed E-state index contributed by atoms with van der Waals surface area (Å²) in [5.74, 6) is 0. The van der Waals surface area contributed by atoms with E-state index in [9.17, 15) is 0 Å². The molecule has 0 unspecified atom stereocenters. The van der Waals surface area contributed by atoms with Crippen molar-refractivity contribution in [2.45, 2.75) is 25.7 Å². The van der Waals surface area contributed by atoms with Crippen LogP contribution in [0.2, 0.25) is 0 Å². The number of fused-ring (bicyclic) bond motifs is 3. The second kappa shape index (κ2) is 4.24. The molecule has 0 aromatic heterocycles. The van der Waals surface area contributed by atoms with Gasteiger partial charge < -0.3 is 9.80 Å². The zero-order chi connectivity index (χ0) is 8.23. The maximum atomic E-state index is 2.64. The first-order chi connectivity index (χ1) is 5.95. The van der Waals surface area contributed by atoms with Crippen molar-refractivity contribution < 1.29 is 0 Å². The Labute approximate surface area is 75.5 Å². The molecule has 0 aliphatic carbocycles. The van der Waals surface area contributed by atoms with Crippen LogP contribution in [0.25, 0.3) is 0 Å². The van der Waals surface area contributed by atoms with Crippen LogP contribution in [0.15, 0.2) is 0 Å². The van der Waals surface area contributed by atoms with Gasteiger partial charge in [0.1, 0.15) is 0 Å². The Hall–Kier alpha value is -0.0800. The minimum absolute atomic E-state index is 1.32. The van der Waals surface area contributed by atoms with Crippen LogP contribution in [-0.4, -0.2) is 49.1 Å². The molecule has 12 heavy (non-hydrogen) atoms. The highest BCUT2D eigenvalue weighted by atomic mass is 15.2. The van der Waals surface area contributed by atoms with E-state index in [2.05, 4.69) is 9.80 Å². The number of nitrogens with zero attached hydrogens (tertiary/aromatic N) is 2. The fourth-order valence-electron chi connectivity index (χ4n) is 2.30. The normalized spacial score (nSPS) is 38.0. The van der Waals surface area contributed by atoms with Gasteiger partial charge >= 0.3 is 0 Å². The maximum Gasteiger partial charge on any atom is 0.0109 e. The molecule has 2 saturated heterocycles. The number of hydrogen-bond acceptors (Lipinski definition) is 2. The minimum atomic E-state index is 1.32. The van der Waals surface area contributed by atoms with Gasteiger partial charge in [-0.25, -0.2) is 0 Å². The average Bonchev–Trinajstić information content (AvgIpc) is 2.03. The molecule has 0 N–H and O–H groups in total. The highest BCUT2D eigenvalue weighted by Gasteiger charge is 2.15. The lowest BCUT2D eigenvalue weighted by atomic mass is 10.1. The van der Waals surface area contributed by atoms with Gasteiger partial charge in [-0.05, 0) is 51.9 Å². The third kappa shape index (κ3) is 2.20. The first-order valence-electron chi connectivity index (χ1n) is 5.40.